The second kappa shape index (κ2) is 8.32. The fraction of sp³-hybridized carbons (Fsp3) is 0.667. The minimum atomic E-state index is 0.256. The van der Waals surface area contributed by atoms with Crippen molar-refractivity contribution in [2.24, 2.45) is 5.92 Å². The number of hydrogen-bond donors (Lipinski definition) is 0. The van der Waals surface area contributed by atoms with Crippen molar-refractivity contribution in [2.75, 3.05) is 44.9 Å². The molecule has 24 heavy (non-hydrogen) atoms. The third-order valence-corrected chi connectivity index (χ3v) is 5.40. The third kappa shape index (κ3) is 4.29. The monoisotopic (exact) mass is 349 g/mol. The van der Waals surface area contributed by atoms with Gasteiger partial charge in [-0.25, -0.2) is 0 Å². The number of amides is 1. The van der Waals surface area contributed by atoms with Crippen molar-refractivity contribution in [2.45, 2.75) is 25.9 Å². The molecule has 0 N–H and O–H groups in total. The van der Waals surface area contributed by atoms with Crippen molar-refractivity contribution in [1.82, 2.24) is 14.8 Å². The first-order valence-electron chi connectivity index (χ1n) is 8.72. The average Bonchev–Trinajstić information content (AvgIpc) is 2.85. The van der Waals surface area contributed by atoms with Gasteiger partial charge in [0.2, 0.25) is 5.91 Å². The standard InChI is InChI=1S/C18H27N3O2S/c1-3-14-4-5-16(19-6-14)9-20-7-15-8-21(18(22)13-24-2)10-17(20)12-23-11-15/h4-6,15,17H,3,7-13H2,1-2H3/t15-,17+/m1/s1. The van der Waals surface area contributed by atoms with Gasteiger partial charge in [-0.3, -0.25) is 14.7 Å². The van der Waals surface area contributed by atoms with Crippen LogP contribution in [0.2, 0.25) is 0 Å². The SMILES string of the molecule is CCc1ccc(CN2C[C@H]3COC[C@@H]2CN(C(=O)CSC)C3)nc1. The molecule has 1 aromatic heterocycles. The van der Waals surface area contributed by atoms with Crippen LogP contribution in [0, 0.1) is 5.92 Å². The summed E-state index contributed by atoms with van der Waals surface area (Å²) in [6, 6.07) is 4.55. The number of rotatable bonds is 5. The Labute approximate surface area is 148 Å². The zero-order valence-electron chi connectivity index (χ0n) is 14.6. The Morgan fingerprint density at radius 2 is 2.21 bits per heavy atom. The molecular formula is C18H27N3O2S. The van der Waals surface area contributed by atoms with Gasteiger partial charge in [0, 0.05) is 38.3 Å². The number of aryl methyl sites for hydroxylation is 1. The number of carbonyl (C=O) groups is 1. The van der Waals surface area contributed by atoms with Crippen molar-refractivity contribution in [3.63, 3.8) is 0 Å². The van der Waals surface area contributed by atoms with Crippen molar-refractivity contribution in [3.8, 4) is 0 Å². The van der Waals surface area contributed by atoms with Crippen molar-refractivity contribution >= 4 is 17.7 Å². The van der Waals surface area contributed by atoms with E-state index in [2.05, 4.69) is 28.9 Å². The van der Waals surface area contributed by atoms with Crippen LogP contribution in [-0.4, -0.2) is 71.6 Å². The quantitative estimate of drug-likeness (QED) is 0.809. The molecule has 3 heterocycles. The van der Waals surface area contributed by atoms with Crippen molar-refractivity contribution in [1.29, 1.82) is 0 Å². The maximum absolute atomic E-state index is 12.4. The maximum Gasteiger partial charge on any atom is 0.232 e. The average molecular weight is 350 g/mol. The Morgan fingerprint density at radius 3 is 2.92 bits per heavy atom. The van der Waals surface area contributed by atoms with E-state index in [0.29, 0.717) is 18.3 Å². The molecule has 0 unspecified atom stereocenters. The molecule has 2 bridgehead atoms. The fourth-order valence-electron chi connectivity index (χ4n) is 3.51. The number of ether oxygens (including phenoxy) is 1. The summed E-state index contributed by atoms with van der Waals surface area (Å²) >= 11 is 1.60. The van der Waals surface area contributed by atoms with Crippen LogP contribution in [0.5, 0.6) is 0 Å². The predicted octanol–water partition coefficient (Wildman–Crippen LogP) is 1.67. The van der Waals surface area contributed by atoms with Gasteiger partial charge < -0.3 is 9.64 Å². The van der Waals surface area contributed by atoms with Gasteiger partial charge >= 0.3 is 0 Å². The first-order valence-corrected chi connectivity index (χ1v) is 10.1. The Bertz CT molecular complexity index is 552. The second-order valence-electron chi connectivity index (χ2n) is 6.73. The van der Waals surface area contributed by atoms with Crippen LogP contribution in [-0.2, 0) is 22.5 Å². The highest BCUT2D eigenvalue weighted by Crippen LogP contribution is 2.22. The molecule has 2 saturated heterocycles. The molecule has 0 aliphatic carbocycles. The van der Waals surface area contributed by atoms with Crippen LogP contribution >= 0.6 is 11.8 Å². The van der Waals surface area contributed by atoms with E-state index in [-0.39, 0.29) is 11.9 Å². The van der Waals surface area contributed by atoms with Crippen molar-refractivity contribution in [3.05, 3.63) is 29.6 Å². The first kappa shape index (κ1) is 17.7. The summed E-state index contributed by atoms with van der Waals surface area (Å²) in [6.45, 7) is 6.98. The summed E-state index contributed by atoms with van der Waals surface area (Å²) in [6.07, 6.45) is 4.98. The molecule has 0 spiro atoms. The number of hydrogen-bond acceptors (Lipinski definition) is 5. The van der Waals surface area contributed by atoms with E-state index in [1.165, 1.54) is 5.56 Å². The number of aromatic nitrogens is 1. The van der Waals surface area contributed by atoms with Gasteiger partial charge in [0.1, 0.15) is 0 Å². The minimum Gasteiger partial charge on any atom is -0.379 e. The molecule has 2 atom stereocenters. The summed E-state index contributed by atoms with van der Waals surface area (Å²) in [7, 11) is 0. The largest absolute Gasteiger partial charge is 0.379 e. The first-order chi connectivity index (χ1) is 11.7. The van der Waals surface area contributed by atoms with Gasteiger partial charge in [-0.05, 0) is 24.3 Å². The van der Waals surface area contributed by atoms with Crippen LogP contribution < -0.4 is 0 Å². The molecule has 132 valence electrons. The van der Waals surface area contributed by atoms with Crippen LogP contribution in [0.1, 0.15) is 18.2 Å². The van der Waals surface area contributed by atoms with Gasteiger partial charge in [0.15, 0.2) is 0 Å². The molecule has 0 aromatic carbocycles. The maximum atomic E-state index is 12.4. The molecule has 0 radical (unpaired) electrons. The highest BCUT2D eigenvalue weighted by molar-refractivity contribution is 7.99. The van der Waals surface area contributed by atoms with E-state index in [1.54, 1.807) is 11.8 Å². The van der Waals surface area contributed by atoms with E-state index < -0.39 is 0 Å². The topological polar surface area (TPSA) is 45.7 Å². The predicted molar refractivity (Wildman–Crippen MR) is 97.1 cm³/mol. The Balaban J connectivity index is 1.70. The Kier molecular flexibility index (Phi) is 6.14. The normalized spacial score (nSPS) is 24.7. The van der Waals surface area contributed by atoms with Crippen LogP contribution in [0.15, 0.2) is 18.3 Å². The van der Waals surface area contributed by atoms with E-state index >= 15 is 0 Å². The van der Waals surface area contributed by atoms with Gasteiger partial charge in [-0.1, -0.05) is 13.0 Å². The molecular weight excluding hydrogens is 322 g/mol. The van der Waals surface area contributed by atoms with E-state index in [9.17, 15) is 4.79 Å². The van der Waals surface area contributed by atoms with Crippen LogP contribution in [0.25, 0.3) is 0 Å². The molecule has 0 saturated carbocycles. The van der Waals surface area contributed by atoms with Gasteiger partial charge in [-0.15, -0.1) is 0 Å². The lowest BCUT2D eigenvalue weighted by Crippen LogP contribution is -2.46. The molecule has 2 fully saturated rings. The molecule has 6 heteroatoms. The molecule has 1 aromatic rings. The van der Waals surface area contributed by atoms with Gasteiger partial charge in [0.05, 0.1) is 30.7 Å². The molecule has 1 amide bonds. The smallest absolute Gasteiger partial charge is 0.232 e. The van der Waals surface area contributed by atoms with Gasteiger partial charge in [-0.2, -0.15) is 11.8 Å². The number of pyridine rings is 1. The Hall–Kier alpha value is -1.11. The lowest BCUT2D eigenvalue weighted by Gasteiger charge is -2.31. The summed E-state index contributed by atoms with van der Waals surface area (Å²) in [5.41, 5.74) is 2.37. The summed E-state index contributed by atoms with van der Waals surface area (Å²) in [5.74, 6) is 1.21. The number of fused-ring (bicyclic) bond motifs is 3. The van der Waals surface area contributed by atoms with Crippen LogP contribution in [0.4, 0.5) is 0 Å². The van der Waals surface area contributed by atoms with Gasteiger partial charge in [0.25, 0.3) is 0 Å². The molecule has 5 nitrogen and oxygen atoms in total. The number of thioether (sulfide) groups is 1. The lowest BCUT2D eigenvalue weighted by molar-refractivity contribution is -0.130. The van der Waals surface area contributed by atoms with Crippen molar-refractivity contribution < 1.29 is 9.53 Å². The minimum absolute atomic E-state index is 0.256. The summed E-state index contributed by atoms with van der Waals surface area (Å²) < 4.78 is 5.85. The van der Waals surface area contributed by atoms with Crippen LogP contribution in [0.3, 0.4) is 0 Å². The molecule has 2 aliphatic heterocycles. The highest BCUT2D eigenvalue weighted by Gasteiger charge is 2.34. The summed E-state index contributed by atoms with van der Waals surface area (Å²) in [5, 5.41) is 0. The number of carbonyl (C=O) groups excluding carboxylic acids is 1. The summed E-state index contributed by atoms with van der Waals surface area (Å²) in [4.78, 5) is 21.5. The zero-order valence-corrected chi connectivity index (χ0v) is 15.4. The molecule has 2 aliphatic rings. The highest BCUT2D eigenvalue weighted by atomic mass is 32.2. The fourth-order valence-corrected chi connectivity index (χ4v) is 3.94. The van der Waals surface area contributed by atoms with E-state index in [1.807, 2.05) is 17.4 Å². The number of nitrogens with zero attached hydrogens (tertiary/aromatic N) is 3. The molecule has 3 rings (SSSR count). The zero-order chi connectivity index (χ0) is 16.9. The van der Waals surface area contributed by atoms with E-state index in [0.717, 1.165) is 44.9 Å². The Morgan fingerprint density at radius 1 is 1.33 bits per heavy atom. The lowest BCUT2D eigenvalue weighted by atomic mass is 10.1. The second-order valence-corrected chi connectivity index (χ2v) is 7.60. The third-order valence-electron chi connectivity index (χ3n) is 4.86. The van der Waals surface area contributed by atoms with E-state index in [4.69, 9.17) is 4.74 Å².